The molecule has 0 spiro atoms. The normalized spacial score (nSPS) is 11.8. The molecule has 0 radical (unpaired) electrons. The monoisotopic (exact) mass is 255 g/mol. The van der Waals surface area contributed by atoms with Crippen molar-refractivity contribution in [3.8, 4) is 0 Å². The first-order valence-corrected chi connectivity index (χ1v) is 7.54. The van der Waals surface area contributed by atoms with Crippen LogP contribution in [0, 0.1) is 20.8 Å². The number of aryl methyl sites for hydroxylation is 3. The van der Waals surface area contributed by atoms with E-state index in [-0.39, 0.29) is 5.75 Å². The van der Waals surface area contributed by atoms with E-state index in [0.29, 0.717) is 17.9 Å². The number of nitrogens with two attached hydrogens (primary N) is 1. The Kier molecular flexibility index (Phi) is 4.71. The second kappa shape index (κ2) is 5.65. The van der Waals surface area contributed by atoms with Crippen LogP contribution in [-0.2, 0) is 9.84 Å². The van der Waals surface area contributed by atoms with Crippen LogP contribution in [0.3, 0.4) is 0 Å². The van der Waals surface area contributed by atoms with Crippen molar-refractivity contribution in [2.75, 3.05) is 12.3 Å². The highest BCUT2D eigenvalue weighted by atomic mass is 32.2. The summed E-state index contributed by atoms with van der Waals surface area (Å²) in [5.74, 6) is 0.189. The number of hydrogen-bond acceptors (Lipinski definition) is 3. The standard InChI is InChI=1S/C13H21NO2S/c1-10-8-11(2)13(12(3)9-10)17(15,16)7-5-4-6-14/h8-9H,4-7,14H2,1-3H3. The molecular weight excluding hydrogens is 234 g/mol. The molecule has 1 aromatic carbocycles. The lowest BCUT2D eigenvalue weighted by Gasteiger charge is -2.12. The minimum Gasteiger partial charge on any atom is -0.330 e. The first-order chi connectivity index (χ1) is 7.88. The third kappa shape index (κ3) is 3.54. The van der Waals surface area contributed by atoms with Crippen LogP contribution in [0.15, 0.2) is 17.0 Å². The van der Waals surface area contributed by atoms with Crippen molar-refractivity contribution in [1.29, 1.82) is 0 Å². The van der Waals surface area contributed by atoms with Crippen molar-refractivity contribution in [3.05, 3.63) is 28.8 Å². The second-order valence-corrected chi connectivity index (χ2v) is 6.59. The molecule has 96 valence electrons. The Morgan fingerprint density at radius 3 is 2.06 bits per heavy atom. The van der Waals surface area contributed by atoms with Crippen molar-refractivity contribution >= 4 is 9.84 Å². The topological polar surface area (TPSA) is 60.2 Å². The fourth-order valence-corrected chi connectivity index (χ4v) is 4.08. The maximum absolute atomic E-state index is 12.2. The highest BCUT2D eigenvalue weighted by Gasteiger charge is 2.19. The summed E-state index contributed by atoms with van der Waals surface area (Å²) in [7, 11) is -3.17. The Balaban J connectivity index is 3.07. The van der Waals surface area contributed by atoms with Crippen LogP contribution >= 0.6 is 0 Å². The molecule has 0 fully saturated rings. The van der Waals surface area contributed by atoms with E-state index < -0.39 is 9.84 Å². The Bertz CT molecular complexity index is 469. The zero-order valence-corrected chi connectivity index (χ0v) is 11.6. The average Bonchev–Trinajstić information content (AvgIpc) is 2.15. The molecule has 0 atom stereocenters. The fourth-order valence-electron chi connectivity index (χ4n) is 2.20. The number of hydrogen-bond donors (Lipinski definition) is 1. The SMILES string of the molecule is Cc1cc(C)c(S(=O)(=O)CCCCN)c(C)c1. The Hall–Kier alpha value is -0.870. The smallest absolute Gasteiger partial charge is 0.178 e. The van der Waals surface area contributed by atoms with Crippen molar-refractivity contribution in [2.24, 2.45) is 5.73 Å². The lowest BCUT2D eigenvalue weighted by Crippen LogP contribution is -2.12. The second-order valence-electron chi connectivity index (χ2n) is 4.54. The number of unbranched alkanes of at least 4 members (excludes halogenated alkanes) is 1. The maximum atomic E-state index is 12.2. The molecule has 0 aromatic heterocycles. The van der Waals surface area contributed by atoms with E-state index in [1.165, 1.54) is 0 Å². The molecule has 0 saturated heterocycles. The molecule has 0 unspecified atom stereocenters. The van der Waals surface area contributed by atoms with Gasteiger partial charge in [0.25, 0.3) is 0 Å². The maximum Gasteiger partial charge on any atom is 0.178 e. The lowest BCUT2D eigenvalue weighted by atomic mass is 10.1. The average molecular weight is 255 g/mol. The summed E-state index contributed by atoms with van der Waals surface area (Å²) in [4.78, 5) is 0.500. The zero-order chi connectivity index (χ0) is 13.1. The lowest BCUT2D eigenvalue weighted by molar-refractivity contribution is 0.590. The molecule has 4 heteroatoms. The molecule has 0 aliphatic carbocycles. The van der Waals surface area contributed by atoms with Crippen molar-refractivity contribution in [2.45, 2.75) is 38.5 Å². The molecule has 0 saturated carbocycles. The molecule has 0 amide bonds. The van der Waals surface area contributed by atoms with Gasteiger partial charge in [0, 0.05) is 0 Å². The van der Waals surface area contributed by atoms with E-state index in [9.17, 15) is 8.42 Å². The van der Waals surface area contributed by atoms with E-state index in [0.717, 1.165) is 23.1 Å². The quantitative estimate of drug-likeness (QED) is 0.820. The van der Waals surface area contributed by atoms with Crippen molar-refractivity contribution in [1.82, 2.24) is 0 Å². The van der Waals surface area contributed by atoms with Gasteiger partial charge in [0.05, 0.1) is 10.6 Å². The predicted octanol–water partition coefficient (Wildman–Crippen LogP) is 2.12. The van der Waals surface area contributed by atoms with E-state index in [1.807, 2.05) is 32.9 Å². The third-order valence-electron chi connectivity index (χ3n) is 2.78. The van der Waals surface area contributed by atoms with Gasteiger partial charge < -0.3 is 5.73 Å². The van der Waals surface area contributed by atoms with Crippen LogP contribution in [0.5, 0.6) is 0 Å². The Morgan fingerprint density at radius 1 is 1.06 bits per heavy atom. The molecule has 3 nitrogen and oxygen atoms in total. The van der Waals surface area contributed by atoms with Gasteiger partial charge in [-0.3, -0.25) is 0 Å². The number of rotatable bonds is 5. The van der Waals surface area contributed by atoms with Gasteiger partial charge in [0.15, 0.2) is 9.84 Å². The number of sulfone groups is 1. The van der Waals surface area contributed by atoms with Gasteiger partial charge in [-0.1, -0.05) is 17.7 Å². The van der Waals surface area contributed by atoms with Crippen LogP contribution in [0.1, 0.15) is 29.5 Å². The molecular formula is C13H21NO2S. The highest BCUT2D eigenvalue weighted by molar-refractivity contribution is 7.91. The van der Waals surface area contributed by atoms with Gasteiger partial charge in [0.2, 0.25) is 0 Å². The molecule has 1 aromatic rings. The first kappa shape index (κ1) is 14.2. The molecule has 0 bridgehead atoms. The molecule has 0 aliphatic rings. The zero-order valence-electron chi connectivity index (χ0n) is 10.8. The summed E-state index contributed by atoms with van der Waals surface area (Å²) >= 11 is 0. The molecule has 17 heavy (non-hydrogen) atoms. The molecule has 0 aliphatic heterocycles. The van der Waals surface area contributed by atoms with E-state index in [2.05, 4.69) is 0 Å². The van der Waals surface area contributed by atoms with E-state index in [4.69, 9.17) is 5.73 Å². The largest absolute Gasteiger partial charge is 0.330 e. The van der Waals surface area contributed by atoms with Crippen LogP contribution < -0.4 is 5.73 Å². The van der Waals surface area contributed by atoms with Crippen molar-refractivity contribution in [3.63, 3.8) is 0 Å². The van der Waals surface area contributed by atoms with Crippen molar-refractivity contribution < 1.29 is 8.42 Å². The van der Waals surface area contributed by atoms with Gasteiger partial charge in [-0.05, 0) is 51.3 Å². The Labute approximate surface area is 104 Å². The van der Waals surface area contributed by atoms with Crippen LogP contribution in [0.4, 0.5) is 0 Å². The first-order valence-electron chi connectivity index (χ1n) is 5.89. The summed E-state index contributed by atoms with van der Waals surface area (Å²) in [6, 6.07) is 3.84. The highest BCUT2D eigenvalue weighted by Crippen LogP contribution is 2.23. The van der Waals surface area contributed by atoms with Gasteiger partial charge >= 0.3 is 0 Å². The number of benzene rings is 1. The summed E-state index contributed by atoms with van der Waals surface area (Å²) in [5, 5.41) is 0. The summed E-state index contributed by atoms with van der Waals surface area (Å²) in [6.45, 7) is 6.23. The predicted molar refractivity (Wildman–Crippen MR) is 71.0 cm³/mol. The van der Waals surface area contributed by atoms with E-state index >= 15 is 0 Å². The van der Waals surface area contributed by atoms with Crippen LogP contribution in [0.2, 0.25) is 0 Å². The third-order valence-corrected chi connectivity index (χ3v) is 4.87. The van der Waals surface area contributed by atoms with Gasteiger partial charge in [-0.2, -0.15) is 0 Å². The van der Waals surface area contributed by atoms with Gasteiger partial charge in [-0.25, -0.2) is 8.42 Å². The molecule has 1 rings (SSSR count). The Morgan fingerprint density at radius 2 is 1.59 bits per heavy atom. The minimum atomic E-state index is -3.17. The van der Waals surface area contributed by atoms with Crippen LogP contribution in [-0.4, -0.2) is 20.7 Å². The molecule has 2 N–H and O–H groups in total. The fraction of sp³-hybridized carbons (Fsp3) is 0.538. The summed E-state index contributed by atoms with van der Waals surface area (Å²) in [5.41, 5.74) is 8.17. The van der Waals surface area contributed by atoms with Crippen LogP contribution in [0.25, 0.3) is 0 Å². The summed E-state index contributed by atoms with van der Waals surface area (Å²) in [6.07, 6.45) is 1.38. The van der Waals surface area contributed by atoms with Gasteiger partial charge in [0.1, 0.15) is 0 Å². The summed E-state index contributed by atoms with van der Waals surface area (Å²) < 4.78 is 24.4. The molecule has 0 heterocycles. The van der Waals surface area contributed by atoms with E-state index in [1.54, 1.807) is 0 Å². The minimum absolute atomic E-state index is 0.189. The van der Waals surface area contributed by atoms with Gasteiger partial charge in [-0.15, -0.1) is 0 Å².